The number of carbonyl (C=O) groups is 1. The first kappa shape index (κ1) is 17.3. The van der Waals surface area contributed by atoms with Crippen molar-refractivity contribution in [1.29, 1.82) is 0 Å². The normalized spacial score (nSPS) is 11.1. The summed E-state index contributed by atoms with van der Waals surface area (Å²) in [5.74, 6) is -0.320. The number of anilines is 2. The summed E-state index contributed by atoms with van der Waals surface area (Å²) in [4.78, 5) is 12.4. The van der Waals surface area contributed by atoms with Crippen molar-refractivity contribution in [3.63, 3.8) is 0 Å². The molecule has 0 heterocycles. The Labute approximate surface area is 140 Å². The van der Waals surface area contributed by atoms with Gasteiger partial charge in [-0.1, -0.05) is 17.7 Å². The molecule has 2 rings (SSSR count). The van der Waals surface area contributed by atoms with Crippen LogP contribution in [0.25, 0.3) is 0 Å². The fraction of sp³-hybridized carbons (Fsp3) is 0.188. The molecule has 5 nitrogen and oxygen atoms in total. The topological polar surface area (TPSA) is 66.5 Å². The van der Waals surface area contributed by atoms with Crippen molar-refractivity contribution in [1.82, 2.24) is 0 Å². The molecule has 0 unspecified atom stereocenters. The van der Waals surface area contributed by atoms with Crippen LogP contribution in [-0.4, -0.2) is 27.6 Å². The van der Waals surface area contributed by atoms with E-state index >= 15 is 0 Å². The molecule has 0 saturated heterocycles. The maximum absolute atomic E-state index is 12.4. The van der Waals surface area contributed by atoms with Crippen molar-refractivity contribution in [3.8, 4) is 0 Å². The summed E-state index contributed by atoms with van der Waals surface area (Å²) in [6.45, 7) is 1.84. The molecular formula is C16H17ClN2O3S. The summed E-state index contributed by atoms with van der Waals surface area (Å²) >= 11 is 5.89. The van der Waals surface area contributed by atoms with Gasteiger partial charge in [-0.25, -0.2) is 8.42 Å². The monoisotopic (exact) mass is 352 g/mol. The van der Waals surface area contributed by atoms with E-state index in [0.717, 1.165) is 16.1 Å². The van der Waals surface area contributed by atoms with Crippen LogP contribution in [0, 0.1) is 6.92 Å². The molecule has 0 radical (unpaired) electrons. The third-order valence-electron chi connectivity index (χ3n) is 3.41. The third kappa shape index (κ3) is 4.24. The van der Waals surface area contributed by atoms with Gasteiger partial charge in [0.1, 0.15) is 0 Å². The number of benzene rings is 2. The van der Waals surface area contributed by atoms with E-state index in [4.69, 9.17) is 11.6 Å². The molecule has 2 aromatic rings. The van der Waals surface area contributed by atoms with Crippen molar-refractivity contribution in [2.75, 3.05) is 22.9 Å². The van der Waals surface area contributed by atoms with Crippen molar-refractivity contribution < 1.29 is 13.2 Å². The predicted molar refractivity (Wildman–Crippen MR) is 93.8 cm³/mol. The molecule has 0 fully saturated rings. The second-order valence-electron chi connectivity index (χ2n) is 5.19. The summed E-state index contributed by atoms with van der Waals surface area (Å²) in [6, 6.07) is 11.6. The van der Waals surface area contributed by atoms with Gasteiger partial charge in [-0.15, -0.1) is 0 Å². The van der Waals surface area contributed by atoms with Crippen molar-refractivity contribution in [3.05, 3.63) is 58.6 Å². The van der Waals surface area contributed by atoms with Crippen LogP contribution in [0.1, 0.15) is 15.9 Å². The molecule has 0 atom stereocenters. The third-order valence-corrected chi connectivity index (χ3v) is 4.85. The number of hydrogen-bond acceptors (Lipinski definition) is 3. The number of sulfonamides is 1. The van der Waals surface area contributed by atoms with Crippen LogP contribution in [0.3, 0.4) is 0 Å². The number of nitrogens with zero attached hydrogens (tertiary/aromatic N) is 1. The first-order valence-corrected chi connectivity index (χ1v) is 9.02. The summed E-state index contributed by atoms with van der Waals surface area (Å²) in [7, 11) is -1.94. The lowest BCUT2D eigenvalue weighted by Gasteiger charge is -2.17. The molecule has 122 valence electrons. The minimum absolute atomic E-state index is 0.320. The van der Waals surface area contributed by atoms with Crippen molar-refractivity contribution in [2.24, 2.45) is 0 Å². The van der Waals surface area contributed by atoms with E-state index in [2.05, 4.69) is 5.32 Å². The van der Waals surface area contributed by atoms with Gasteiger partial charge in [0.05, 0.1) is 11.9 Å². The maximum Gasteiger partial charge on any atom is 0.255 e. The highest BCUT2D eigenvalue weighted by atomic mass is 35.5. The zero-order chi connectivity index (χ0) is 17.2. The molecule has 1 amide bonds. The first-order chi connectivity index (χ1) is 10.7. The minimum Gasteiger partial charge on any atom is -0.322 e. The molecule has 0 aliphatic rings. The van der Waals surface area contributed by atoms with E-state index in [-0.39, 0.29) is 5.91 Å². The van der Waals surface area contributed by atoms with Gasteiger partial charge in [-0.2, -0.15) is 0 Å². The lowest BCUT2D eigenvalue weighted by Crippen LogP contribution is -2.25. The number of nitrogens with one attached hydrogen (secondary N) is 1. The fourth-order valence-corrected chi connectivity index (χ4v) is 2.72. The Morgan fingerprint density at radius 3 is 2.48 bits per heavy atom. The lowest BCUT2D eigenvalue weighted by atomic mass is 10.1. The van der Waals surface area contributed by atoms with Gasteiger partial charge in [0.2, 0.25) is 10.0 Å². The van der Waals surface area contributed by atoms with Gasteiger partial charge >= 0.3 is 0 Å². The SMILES string of the molecule is Cc1cc(Cl)ccc1NC(=O)c1cccc(N(C)S(C)(=O)=O)c1. The standard InChI is InChI=1S/C16H17ClN2O3S/c1-11-9-13(17)7-8-15(11)18-16(20)12-5-4-6-14(10-12)19(2)23(3,21)22/h4-10H,1-3H3,(H,18,20). The van der Waals surface area contributed by atoms with Crippen molar-refractivity contribution >= 4 is 38.9 Å². The highest BCUT2D eigenvalue weighted by Crippen LogP contribution is 2.22. The highest BCUT2D eigenvalue weighted by molar-refractivity contribution is 7.92. The second kappa shape index (κ2) is 6.60. The van der Waals surface area contributed by atoms with Crippen LogP contribution in [0.5, 0.6) is 0 Å². The highest BCUT2D eigenvalue weighted by Gasteiger charge is 2.14. The molecule has 0 aliphatic carbocycles. The smallest absolute Gasteiger partial charge is 0.255 e. The van der Waals surface area contributed by atoms with Crippen LogP contribution in [-0.2, 0) is 10.0 Å². The van der Waals surface area contributed by atoms with Gasteiger partial charge < -0.3 is 5.32 Å². The van der Waals surface area contributed by atoms with Gasteiger partial charge in [-0.05, 0) is 48.9 Å². The number of aryl methyl sites for hydroxylation is 1. The Hall–Kier alpha value is -2.05. The summed E-state index contributed by atoms with van der Waals surface area (Å²) in [5.41, 5.74) is 2.29. The molecule has 0 aliphatic heterocycles. The van der Waals surface area contributed by atoms with Crippen molar-refractivity contribution in [2.45, 2.75) is 6.92 Å². The van der Waals surface area contributed by atoms with E-state index < -0.39 is 10.0 Å². The van der Waals surface area contributed by atoms with E-state index in [1.807, 2.05) is 6.92 Å². The van der Waals surface area contributed by atoms with Gasteiger partial charge in [0.25, 0.3) is 5.91 Å². The minimum atomic E-state index is -3.38. The Balaban J connectivity index is 2.26. The number of halogens is 1. The van der Waals surface area contributed by atoms with E-state index in [1.54, 1.807) is 36.4 Å². The molecule has 7 heteroatoms. The fourth-order valence-electron chi connectivity index (χ4n) is 2.00. The Morgan fingerprint density at radius 2 is 1.87 bits per heavy atom. The van der Waals surface area contributed by atoms with Crippen LogP contribution in [0.15, 0.2) is 42.5 Å². The zero-order valence-corrected chi connectivity index (χ0v) is 14.6. The zero-order valence-electron chi connectivity index (χ0n) is 13.0. The van der Waals surface area contributed by atoms with E-state index in [9.17, 15) is 13.2 Å². The largest absolute Gasteiger partial charge is 0.322 e. The lowest BCUT2D eigenvalue weighted by molar-refractivity contribution is 0.102. The van der Waals surface area contributed by atoms with Gasteiger partial charge in [0, 0.05) is 23.3 Å². The van der Waals surface area contributed by atoms with Crippen LogP contribution < -0.4 is 9.62 Å². The molecule has 0 bridgehead atoms. The Bertz CT molecular complexity index is 850. The molecule has 0 aromatic heterocycles. The Kier molecular flexibility index (Phi) is 4.97. The number of carbonyl (C=O) groups excluding carboxylic acids is 1. The summed E-state index contributed by atoms with van der Waals surface area (Å²) < 4.78 is 24.3. The molecule has 0 spiro atoms. The maximum atomic E-state index is 12.4. The average Bonchev–Trinajstić information content (AvgIpc) is 2.48. The Morgan fingerprint density at radius 1 is 1.17 bits per heavy atom. The van der Waals surface area contributed by atoms with Gasteiger partial charge in [-0.3, -0.25) is 9.10 Å². The molecule has 0 saturated carbocycles. The predicted octanol–water partition coefficient (Wildman–Crippen LogP) is 3.30. The van der Waals surface area contributed by atoms with Gasteiger partial charge in [0.15, 0.2) is 0 Å². The van der Waals surface area contributed by atoms with Crippen LogP contribution in [0.4, 0.5) is 11.4 Å². The second-order valence-corrected chi connectivity index (χ2v) is 7.64. The quantitative estimate of drug-likeness (QED) is 0.918. The molecular weight excluding hydrogens is 336 g/mol. The summed E-state index contributed by atoms with van der Waals surface area (Å²) in [5, 5.41) is 3.39. The number of hydrogen-bond donors (Lipinski definition) is 1. The molecule has 2 aromatic carbocycles. The molecule has 23 heavy (non-hydrogen) atoms. The van der Waals surface area contributed by atoms with Crippen LogP contribution >= 0.6 is 11.6 Å². The molecule has 1 N–H and O–H groups in total. The van der Waals surface area contributed by atoms with E-state index in [0.29, 0.717) is 22.0 Å². The first-order valence-electron chi connectivity index (χ1n) is 6.80. The summed E-state index contributed by atoms with van der Waals surface area (Å²) in [6.07, 6.45) is 1.11. The number of amides is 1. The average molecular weight is 353 g/mol. The number of rotatable bonds is 4. The van der Waals surface area contributed by atoms with E-state index in [1.165, 1.54) is 13.1 Å². The van der Waals surface area contributed by atoms with Crippen LogP contribution in [0.2, 0.25) is 5.02 Å².